The summed E-state index contributed by atoms with van der Waals surface area (Å²) < 4.78 is 3.60. The van der Waals surface area contributed by atoms with Gasteiger partial charge in [0.05, 0.1) is 11.0 Å². The number of benzene rings is 5. The molecule has 4 heterocycles. The minimum atomic E-state index is 0.637. The Morgan fingerprint density at radius 2 is 1.09 bits per heavy atom. The van der Waals surface area contributed by atoms with Crippen molar-refractivity contribution in [3.8, 4) is 39.9 Å². The van der Waals surface area contributed by atoms with Crippen molar-refractivity contribution in [3.63, 3.8) is 0 Å². The van der Waals surface area contributed by atoms with Gasteiger partial charge < -0.3 is 4.57 Å². The van der Waals surface area contributed by atoms with Gasteiger partial charge in [0.1, 0.15) is 4.83 Å². The van der Waals surface area contributed by atoms with Crippen LogP contribution in [0.15, 0.2) is 140 Å². The molecule has 0 aliphatic heterocycles. The summed E-state index contributed by atoms with van der Waals surface area (Å²) in [7, 11) is 0. The first-order valence-corrected chi connectivity index (χ1v) is 15.3. The van der Waals surface area contributed by atoms with Crippen LogP contribution in [0.4, 0.5) is 0 Å². The predicted molar refractivity (Wildman–Crippen MR) is 181 cm³/mol. The third-order valence-corrected chi connectivity index (χ3v) is 9.18. The lowest BCUT2D eigenvalue weighted by Crippen LogP contribution is -2.01. The van der Waals surface area contributed by atoms with Crippen LogP contribution in [0.5, 0.6) is 0 Å². The molecule has 4 aromatic heterocycles. The smallest absolute Gasteiger partial charge is 0.164 e. The van der Waals surface area contributed by atoms with E-state index in [1.54, 1.807) is 11.3 Å². The van der Waals surface area contributed by atoms with Gasteiger partial charge in [-0.3, -0.25) is 0 Å². The van der Waals surface area contributed by atoms with E-state index in [0.717, 1.165) is 38.2 Å². The van der Waals surface area contributed by atoms with Crippen LogP contribution in [0.3, 0.4) is 0 Å². The van der Waals surface area contributed by atoms with Crippen LogP contribution in [0.2, 0.25) is 0 Å². The van der Waals surface area contributed by atoms with E-state index in [1.165, 1.54) is 26.2 Å². The molecule has 0 atom stereocenters. The minimum absolute atomic E-state index is 0.637. The average molecular weight is 582 g/mol. The maximum absolute atomic E-state index is 4.98. The highest BCUT2D eigenvalue weighted by Crippen LogP contribution is 2.40. The molecule has 0 spiro atoms. The molecule has 44 heavy (non-hydrogen) atoms. The Balaban J connectivity index is 1.27. The van der Waals surface area contributed by atoms with Gasteiger partial charge in [0, 0.05) is 54.8 Å². The van der Waals surface area contributed by atoms with E-state index in [-0.39, 0.29) is 0 Å². The molecule has 0 amide bonds. The highest BCUT2D eigenvalue weighted by molar-refractivity contribution is 7.25. The van der Waals surface area contributed by atoms with Crippen molar-refractivity contribution in [2.45, 2.75) is 0 Å². The first-order chi connectivity index (χ1) is 21.8. The molecule has 9 aromatic rings. The van der Waals surface area contributed by atoms with E-state index in [9.17, 15) is 0 Å². The standard InChI is InChI=1S/C38H23N5S/c1-3-11-24(12-4-1)35-40-36(25-13-5-2-6-14-25)42-37(41-35)26-15-9-16-27(21-26)43-32-19-8-7-17-28(32)30-23-34-31(22-33(30)43)29-18-10-20-39-38(29)44-34/h1-23H. The van der Waals surface area contributed by atoms with Gasteiger partial charge in [-0.2, -0.15) is 0 Å². The average Bonchev–Trinajstić information content (AvgIpc) is 3.62. The number of hydrogen-bond acceptors (Lipinski definition) is 5. The SMILES string of the molecule is c1ccc(-c2nc(-c3ccccc3)nc(-c3cccc(-n4c5ccccc5c5cc6sc7ncccc7c6cc54)c3)n2)cc1. The summed E-state index contributed by atoms with van der Waals surface area (Å²) in [5, 5.41) is 4.86. The molecule has 0 radical (unpaired) electrons. The van der Waals surface area contributed by atoms with Crippen molar-refractivity contribution in [2.75, 3.05) is 0 Å². The number of hydrogen-bond donors (Lipinski definition) is 0. The van der Waals surface area contributed by atoms with Gasteiger partial charge in [-0.1, -0.05) is 91.0 Å². The maximum atomic E-state index is 4.98. The third kappa shape index (κ3) is 4.00. The highest BCUT2D eigenvalue weighted by atomic mass is 32.1. The van der Waals surface area contributed by atoms with Crippen LogP contribution in [0, 0.1) is 0 Å². The van der Waals surface area contributed by atoms with Crippen molar-refractivity contribution in [1.29, 1.82) is 0 Å². The summed E-state index contributed by atoms with van der Waals surface area (Å²) in [4.78, 5) is 20.5. The van der Waals surface area contributed by atoms with E-state index in [4.69, 9.17) is 15.0 Å². The van der Waals surface area contributed by atoms with Crippen molar-refractivity contribution in [2.24, 2.45) is 0 Å². The second-order valence-corrected chi connectivity index (χ2v) is 11.8. The molecule has 6 heteroatoms. The van der Waals surface area contributed by atoms with E-state index < -0.39 is 0 Å². The van der Waals surface area contributed by atoms with E-state index in [0.29, 0.717) is 17.5 Å². The van der Waals surface area contributed by atoms with Gasteiger partial charge in [-0.15, -0.1) is 11.3 Å². The summed E-state index contributed by atoms with van der Waals surface area (Å²) in [6.07, 6.45) is 1.87. The zero-order valence-corrected chi connectivity index (χ0v) is 24.2. The fraction of sp³-hybridized carbons (Fsp3) is 0. The fourth-order valence-corrected chi connectivity index (χ4v) is 7.14. The van der Waals surface area contributed by atoms with Gasteiger partial charge in [0.15, 0.2) is 17.5 Å². The Kier molecular flexibility index (Phi) is 5.61. The van der Waals surface area contributed by atoms with Gasteiger partial charge in [0.25, 0.3) is 0 Å². The lowest BCUT2D eigenvalue weighted by Gasteiger charge is -2.11. The van der Waals surface area contributed by atoms with Crippen LogP contribution in [0.25, 0.3) is 82.0 Å². The number of aromatic nitrogens is 5. The lowest BCUT2D eigenvalue weighted by molar-refractivity contribution is 1.07. The quantitative estimate of drug-likeness (QED) is 0.208. The number of fused-ring (bicyclic) bond motifs is 6. The summed E-state index contributed by atoms with van der Waals surface area (Å²) in [6, 6.07) is 46.1. The van der Waals surface area contributed by atoms with Crippen molar-refractivity contribution < 1.29 is 0 Å². The normalized spacial score (nSPS) is 11.6. The largest absolute Gasteiger partial charge is 0.309 e. The van der Waals surface area contributed by atoms with Crippen LogP contribution >= 0.6 is 11.3 Å². The first kappa shape index (κ1) is 24.8. The number of thiophene rings is 1. The lowest BCUT2D eigenvalue weighted by atomic mass is 10.1. The maximum Gasteiger partial charge on any atom is 0.164 e. The number of rotatable bonds is 4. The number of pyridine rings is 1. The Labute approximate surface area is 256 Å². The second-order valence-electron chi connectivity index (χ2n) is 10.8. The molecule has 5 aromatic carbocycles. The van der Waals surface area contributed by atoms with Crippen LogP contribution < -0.4 is 0 Å². The van der Waals surface area contributed by atoms with Crippen LogP contribution in [-0.4, -0.2) is 24.5 Å². The van der Waals surface area contributed by atoms with Gasteiger partial charge in [-0.05, 0) is 42.5 Å². The molecule has 5 nitrogen and oxygen atoms in total. The molecule has 0 aliphatic rings. The van der Waals surface area contributed by atoms with Crippen LogP contribution in [-0.2, 0) is 0 Å². The van der Waals surface area contributed by atoms with Crippen LogP contribution in [0.1, 0.15) is 0 Å². The molecule has 0 N–H and O–H groups in total. The van der Waals surface area contributed by atoms with Crippen molar-refractivity contribution >= 4 is 53.4 Å². The van der Waals surface area contributed by atoms with E-state index in [2.05, 4.69) is 76.3 Å². The molecule has 9 rings (SSSR count). The molecule has 0 bridgehead atoms. The van der Waals surface area contributed by atoms with Gasteiger partial charge >= 0.3 is 0 Å². The molecular weight excluding hydrogens is 559 g/mol. The summed E-state index contributed by atoms with van der Waals surface area (Å²) >= 11 is 1.75. The summed E-state index contributed by atoms with van der Waals surface area (Å²) in [5.74, 6) is 1.94. The Morgan fingerprint density at radius 1 is 0.455 bits per heavy atom. The molecular formula is C38H23N5S. The highest BCUT2D eigenvalue weighted by Gasteiger charge is 2.17. The van der Waals surface area contributed by atoms with E-state index in [1.807, 2.05) is 72.9 Å². The molecule has 0 fully saturated rings. The number of nitrogens with zero attached hydrogens (tertiary/aromatic N) is 5. The number of para-hydroxylation sites is 1. The predicted octanol–water partition coefficient (Wildman–Crippen LogP) is 9.73. The van der Waals surface area contributed by atoms with Crippen molar-refractivity contribution in [3.05, 3.63) is 140 Å². The van der Waals surface area contributed by atoms with Gasteiger partial charge in [0.2, 0.25) is 0 Å². The Bertz CT molecular complexity index is 2440. The molecule has 206 valence electrons. The zero-order valence-electron chi connectivity index (χ0n) is 23.4. The Hall–Kier alpha value is -5.72. The Morgan fingerprint density at radius 3 is 1.84 bits per heavy atom. The zero-order chi connectivity index (χ0) is 29.0. The fourth-order valence-electron chi connectivity index (χ4n) is 6.07. The summed E-state index contributed by atoms with van der Waals surface area (Å²) in [6.45, 7) is 0. The monoisotopic (exact) mass is 581 g/mol. The topological polar surface area (TPSA) is 56.5 Å². The third-order valence-electron chi connectivity index (χ3n) is 8.10. The first-order valence-electron chi connectivity index (χ1n) is 14.5. The molecule has 0 aliphatic carbocycles. The van der Waals surface area contributed by atoms with Crippen molar-refractivity contribution in [1.82, 2.24) is 24.5 Å². The molecule has 0 saturated carbocycles. The minimum Gasteiger partial charge on any atom is -0.309 e. The van der Waals surface area contributed by atoms with Gasteiger partial charge in [-0.25, -0.2) is 19.9 Å². The van der Waals surface area contributed by atoms with E-state index >= 15 is 0 Å². The molecule has 0 saturated heterocycles. The second kappa shape index (κ2) is 9.93. The summed E-state index contributed by atoms with van der Waals surface area (Å²) in [5.41, 5.74) is 6.20. The molecule has 0 unspecified atom stereocenters.